The summed E-state index contributed by atoms with van der Waals surface area (Å²) in [4.78, 5) is 29.2. The van der Waals surface area contributed by atoms with E-state index in [1.54, 1.807) is 18.5 Å². The number of hydrogen-bond donors (Lipinski definition) is 1. The second-order valence-corrected chi connectivity index (χ2v) is 7.77. The molecule has 2 fully saturated rings. The van der Waals surface area contributed by atoms with Crippen molar-refractivity contribution in [3.63, 3.8) is 0 Å². The lowest BCUT2D eigenvalue weighted by Gasteiger charge is -2.39. The number of nitrogens with zero attached hydrogens (tertiary/aromatic N) is 1. The maximum absolute atomic E-state index is 13.0. The molecule has 112 valence electrons. The minimum atomic E-state index is -0.700. The van der Waals surface area contributed by atoms with Crippen molar-refractivity contribution in [1.82, 2.24) is 4.98 Å². The zero-order chi connectivity index (χ0) is 15.5. The van der Waals surface area contributed by atoms with Crippen LogP contribution in [0.4, 0.5) is 5.69 Å². The van der Waals surface area contributed by atoms with Gasteiger partial charge in [0.15, 0.2) is 5.78 Å². The van der Waals surface area contributed by atoms with Gasteiger partial charge in [0.1, 0.15) is 0 Å². The van der Waals surface area contributed by atoms with E-state index in [0.717, 1.165) is 12.8 Å². The molecule has 1 heterocycles. The molecule has 21 heavy (non-hydrogen) atoms. The number of hydrogen-bond acceptors (Lipinski definition) is 3. The molecule has 0 aliphatic heterocycles. The lowest BCUT2D eigenvalue weighted by atomic mass is 9.64. The van der Waals surface area contributed by atoms with Gasteiger partial charge >= 0.3 is 0 Å². The number of nitrogens with one attached hydrogen (secondary N) is 1. The van der Waals surface area contributed by atoms with E-state index in [-0.39, 0.29) is 17.1 Å². The van der Waals surface area contributed by atoms with Crippen LogP contribution in [0.3, 0.4) is 0 Å². The maximum atomic E-state index is 13.0. The summed E-state index contributed by atoms with van der Waals surface area (Å²) in [6.45, 7) is 6.08. The van der Waals surface area contributed by atoms with E-state index in [4.69, 9.17) is 0 Å². The lowest BCUT2D eigenvalue weighted by molar-refractivity contribution is -0.130. The topological polar surface area (TPSA) is 59.1 Å². The van der Waals surface area contributed by atoms with E-state index in [9.17, 15) is 9.59 Å². The first-order chi connectivity index (χ1) is 9.77. The number of pyridine rings is 1. The van der Waals surface area contributed by atoms with E-state index >= 15 is 0 Å². The lowest BCUT2D eigenvalue weighted by Crippen LogP contribution is -2.48. The van der Waals surface area contributed by atoms with Crippen molar-refractivity contribution in [2.45, 2.75) is 38.4 Å². The molecule has 3 rings (SSSR count). The Balaban J connectivity index is 2.00. The molecule has 1 amide bonds. The number of amides is 1. The molecule has 0 radical (unpaired) electrons. The van der Waals surface area contributed by atoms with Crippen molar-refractivity contribution in [2.75, 3.05) is 5.32 Å². The van der Waals surface area contributed by atoms with E-state index in [0.29, 0.717) is 5.69 Å². The predicted octanol–water partition coefficient (Wildman–Crippen LogP) is 3.18. The highest BCUT2D eigenvalue weighted by molar-refractivity contribution is 9.10. The first-order valence-electron chi connectivity index (χ1n) is 7.17. The van der Waals surface area contributed by atoms with Crippen molar-refractivity contribution >= 4 is 33.3 Å². The van der Waals surface area contributed by atoms with Crippen LogP contribution in [0.15, 0.2) is 24.5 Å². The first-order valence-corrected chi connectivity index (χ1v) is 8.09. The quantitative estimate of drug-likeness (QED) is 0.833. The number of alkyl halides is 1. The Morgan fingerprint density at radius 3 is 2.62 bits per heavy atom. The molecule has 1 aromatic heterocycles. The molecule has 4 nitrogen and oxygen atoms in total. The molecule has 2 aliphatic rings. The molecule has 0 spiro atoms. The summed E-state index contributed by atoms with van der Waals surface area (Å²) in [5, 5.41) is 2.94. The Kier molecular flexibility index (Phi) is 3.07. The van der Waals surface area contributed by atoms with Crippen LogP contribution in [0.25, 0.3) is 0 Å². The maximum Gasteiger partial charge on any atom is 0.232 e. The van der Waals surface area contributed by atoms with Gasteiger partial charge in [0, 0.05) is 11.6 Å². The molecular weight excluding hydrogens is 332 g/mol. The third kappa shape index (κ3) is 1.58. The Hall–Kier alpha value is -1.23. The Morgan fingerprint density at radius 2 is 2.10 bits per heavy atom. The Bertz CT molecular complexity index is 616. The van der Waals surface area contributed by atoms with E-state index < -0.39 is 15.7 Å². The molecule has 0 saturated heterocycles. The molecule has 2 aliphatic carbocycles. The van der Waals surface area contributed by atoms with Crippen LogP contribution in [0.5, 0.6) is 0 Å². The van der Waals surface area contributed by atoms with Gasteiger partial charge in [-0.15, -0.1) is 0 Å². The Labute approximate surface area is 132 Å². The SMILES string of the molecule is CC1(C)[C@]2(C)CC[C@@]1(C(=O)Nc1cccnc1)[C@@H](Br)C2=O. The van der Waals surface area contributed by atoms with Gasteiger partial charge in [-0.3, -0.25) is 14.6 Å². The van der Waals surface area contributed by atoms with Gasteiger partial charge in [-0.1, -0.05) is 36.7 Å². The molecule has 1 N–H and O–H groups in total. The van der Waals surface area contributed by atoms with Crippen LogP contribution in [0, 0.1) is 16.2 Å². The molecule has 2 saturated carbocycles. The van der Waals surface area contributed by atoms with Crippen LogP contribution in [0.2, 0.25) is 0 Å². The largest absolute Gasteiger partial charge is 0.324 e. The van der Waals surface area contributed by atoms with Gasteiger partial charge in [-0.25, -0.2) is 0 Å². The fraction of sp³-hybridized carbons (Fsp3) is 0.562. The van der Waals surface area contributed by atoms with Gasteiger partial charge in [0.25, 0.3) is 0 Å². The molecule has 3 atom stereocenters. The van der Waals surface area contributed by atoms with Crippen LogP contribution in [-0.4, -0.2) is 21.5 Å². The molecule has 5 heteroatoms. The number of carbonyl (C=O) groups is 2. The van der Waals surface area contributed by atoms with Crippen molar-refractivity contribution in [3.05, 3.63) is 24.5 Å². The van der Waals surface area contributed by atoms with Gasteiger partial charge in [0.05, 0.1) is 22.1 Å². The number of carbonyl (C=O) groups excluding carboxylic acids is 2. The highest BCUT2D eigenvalue weighted by atomic mass is 79.9. The highest BCUT2D eigenvalue weighted by Gasteiger charge is 2.76. The molecule has 0 unspecified atom stereocenters. The van der Waals surface area contributed by atoms with Crippen molar-refractivity contribution in [3.8, 4) is 0 Å². The fourth-order valence-corrected chi connectivity index (χ4v) is 5.65. The third-order valence-electron chi connectivity index (χ3n) is 6.05. The van der Waals surface area contributed by atoms with Crippen LogP contribution in [-0.2, 0) is 9.59 Å². The number of aromatic nitrogens is 1. The normalized spacial score (nSPS) is 36.8. The second-order valence-electron chi connectivity index (χ2n) is 6.85. The third-order valence-corrected chi connectivity index (χ3v) is 7.24. The summed E-state index contributed by atoms with van der Waals surface area (Å²) in [5.74, 6) is 0.0667. The Morgan fingerprint density at radius 1 is 1.38 bits per heavy atom. The zero-order valence-corrected chi connectivity index (χ0v) is 14.0. The second kappa shape index (κ2) is 4.38. The number of rotatable bonds is 2. The summed E-state index contributed by atoms with van der Waals surface area (Å²) >= 11 is 3.52. The molecule has 1 aromatic rings. The highest BCUT2D eigenvalue weighted by Crippen LogP contribution is 2.72. The summed E-state index contributed by atoms with van der Waals surface area (Å²) < 4.78 is 0. The zero-order valence-electron chi connectivity index (χ0n) is 12.4. The number of fused-ring (bicyclic) bond motifs is 2. The van der Waals surface area contributed by atoms with Crippen molar-refractivity contribution in [1.29, 1.82) is 0 Å². The monoisotopic (exact) mass is 350 g/mol. The van der Waals surface area contributed by atoms with Crippen LogP contribution < -0.4 is 5.32 Å². The van der Waals surface area contributed by atoms with Gasteiger partial charge in [-0.05, 0) is 30.4 Å². The van der Waals surface area contributed by atoms with Gasteiger partial charge in [-0.2, -0.15) is 0 Å². The van der Waals surface area contributed by atoms with E-state index in [1.807, 2.05) is 26.8 Å². The van der Waals surface area contributed by atoms with E-state index in [2.05, 4.69) is 26.2 Å². The minimum Gasteiger partial charge on any atom is -0.324 e. The average Bonchev–Trinajstić information content (AvgIpc) is 2.72. The van der Waals surface area contributed by atoms with Crippen LogP contribution >= 0.6 is 15.9 Å². The standard InChI is InChI=1S/C16H19BrN2O2/c1-14(2)15(3)6-7-16(14,11(17)12(15)20)13(21)19-10-5-4-8-18-9-10/h4-5,8-9,11H,6-7H2,1-3H3,(H,19,21)/t11-,15+,16-/m0/s1. The van der Waals surface area contributed by atoms with Crippen molar-refractivity contribution in [2.24, 2.45) is 16.2 Å². The van der Waals surface area contributed by atoms with Crippen LogP contribution in [0.1, 0.15) is 33.6 Å². The smallest absolute Gasteiger partial charge is 0.232 e. The van der Waals surface area contributed by atoms with Crippen molar-refractivity contribution < 1.29 is 9.59 Å². The number of Topliss-reactive ketones (excluding diaryl/α,β-unsaturated/α-hetero) is 1. The molecular formula is C16H19BrN2O2. The predicted molar refractivity (Wildman–Crippen MR) is 84.1 cm³/mol. The summed E-state index contributed by atoms with van der Waals surface area (Å²) in [5.41, 5.74) is -0.847. The summed E-state index contributed by atoms with van der Waals surface area (Å²) in [7, 11) is 0. The number of halogens is 1. The van der Waals surface area contributed by atoms with Gasteiger partial charge < -0.3 is 5.32 Å². The van der Waals surface area contributed by atoms with Gasteiger partial charge in [0.2, 0.25) is 5.91 Å². The minimum absolute atomic E-state index is 0.0862. The molecule has 0 aromatic carbocycles. The number of anilines is 1. The summed E-state index contributed by atoms with van der Waals surface area (Å²) in [6.07, 6.45) is 4.78. The van der Waals surface area contributed by atoms with E-state index in [1.165, 1.54) is 0 Å². The first kappa shape index (κ1) is 14.7. The average molecular weight is 351 g/mol. The summed E-state index contributed by atoms with van der Waals surface area (Å²) in [6, 6.07) is 3.59. The number of ketones is 1. The fourth-order valence-electron chi connectivity index (χ4n) is 4.13. The molecule has 2 bridgehead atoms.